The highest BCUT2D eigenvalue weighted by atomic mass is 32.1. The van der Waals surface area contributed by atoms with Crippen molar-refractivity contribution in [2.24, 2.45) is 0 Å². The Bertz CT molecular complexity index is 1140. The third-order valence-electron chi connectivity index (χ3n) is 5.16. The molecule has 2 aromatic rings. The Hall–Kier alpha value is -3.40. The number of aromatic nitrogens is 1. The van der Waals surface area contributed by atoms with Gasteiger partial charge in [-0.05, 0) is 77.7 Å². The standard InChI is InChI=1S/C27H36N4O5S.C2H6/c1-26(2,3)35-24(33)28-14-11-18-7-9-20(10-8-18)30-22(32)21-17-29-23(37-21)19-12-15-31(16-13-19)25(34)36-27(4,5)6;1-2/h7-10,12,17H,11,13-16H2,1-6H3,(H,28,33)(H,30,32);1-2H3. The number of nitrogens with zero attached hydrogens (tertiary/aromatic N) is 2. The highest BCUT2D eigenvalue weighted by Gasteiger charge is 2.25. The number of alkyl carbamates (subject to hydrolysis) is 1. The number of amides is 3. The molecule has 1 aliphatic rings. The molecule has 0 fully saturated rings. The fourth-order valence-corrected chi connectivity index (χ4v) is 4.33. The van der Waals surface area contributed by atoms with Gasteiger partial charge in [-0.1, -0.05) is 32.1 Å². The van der Waals surface area contributed by atoms with Gasteiger partial charge in [-0.2, -0.15) is 0 Å². The maximum absolute atomic E-state index is 12.7. The van der Waals surface area contributed by atoms with E-state index in [1.807, 2.05) is 85.7 Å². The van der Waals surface area contributed by atoms with Crippen molar-refractivity contribution >= 4 is 40.7 Å². The topological polar surface area (TPSA) is 110 Å². The van der Waals surface area contributed by atoms with E-state index in [2.05, 4.69) is 15.6 Å². The van der Waals surface area contributed by atoms with Crippen LogP contribution in [0.2, 0.25) is 0 Å². The van der Waals surface area contributed by atoms with Gasteiger partial charge in [0.25, 0.3) is 5.91 Å². The molecular formula is C29H42N4O5S. The van der Waals surface area contributed by atoms with E-state index < -0.39 is 17.3 Å². The number of hydrogen-bond donors (Lipinski definition) is 2. The summed E-state index contributed by atoms with van der Waals surface area (Å²) >= 11 is 1.33. The Morgan fingerprint density at radius 1 is 1.00 bits per heavy atom. The minimum absolute atomic E-state index is 0.227. The van der Waals surface area contributed by atoms with Gasteiger partial charge in [-0.15, -0.1) is 11.3 Å². The van der Waals surface area contributed by atoms with E-state index in [1.54, 1.807) is 11.1 Å². The Labute approximate surface area is 236 Å². The van der Waals surface area contributed by atoms with Crippen molar-refractivity contribution in [1.29, 1.82) is 0 Å². The lowest BCUT2D eigenvalue weighted by atomic mass is 10.1. The normalized spacial score (nSPS) is 13.4. The predicted molar refractivity (Wildman–Crippen MR) is 156 cm³/mol. The van der Waals surface area contributed by atoms with E-state index in [-0.39, 0.29) is 12.0 Å². The summed E-state index contributed by atoms with van der Waals surface area (Å²) in [4.78, 5) is 43.3. The number of benzene rings is 1. The summed E-state index contributed by atoms with van der Waals surface area (Å²) < 4.78 is 10.7. The molecule has 1 aliphatic heterocycles. The van der Waals surface area contributed by atoms with Crippen LogP contribution in [-0.4, -0.2) is 58.8 Å². The zero-order valence-electron chi connectivity index (χ0n) is 24.3. The number of anilines is 1. The molecule has 9 nitrogen and oxygen atoms in total. The van der Waals surface area contributed by atoms with E-state index in [1.165, 1.54) is 11.3 Å². The second-order valence-corrected chi connectivity index (χ2v) is 11.8. The minimum atomic E-state index is -0.530. The van der Waals surface area contributed by atoms with Gasteiger partial charge in [0, 0.05) is 25.3 Å². The molecule has 0 aliphatic carbocycles. The van der Waals surface area contributed by atoms with Crippen LogP contribution in [0.1, 0.15) is 82.1 Å². The van der Waals surface area contributed by atoms with Gasteiger partial charge >= 0.3 is 12.2 Å². The summed E-state index contributed by atoms with van der Waals surface area (Å²) in [6, 6.07) is 7.48. The highest BCUT2D eigenvalue weighted by Crippen LogP contribution is 2.27. The van der Waals surface area contributed by atoms with Crippen LogP contribution in [0, 0.1) is 0 Å². The lowest BCUT2D eigenvalue weighted by Crippen LogP contribution is -2.39. The summed E-state index contributed by atoms with van der Waals surface area (Å²) in [6.07, 6.45) is 4.07. The van der Waals surface area contributed by atoms with Crippen LogP contribution in [0.25, 0.3) is 5.57 Å². The van der Waals surface area contributed by atoms with Crippen LogP contribution < -0.4 is 10.6 Å². The lowest BCUT2D eigenvalue weighted by molar-refractivity contribution is 0.0270. The summed E-state index contributed by atoms with van der Waals surface area (Å²) in [5, 5.41) is 6.41. The minimum Gasteiger partial charge on any atom is -0.444 e. The third-order valence-corrected chi connectivity index (χ3v) is 6.23. The summed E-state index contributed by atoms with van der Waals surface area (Å²) in [5.41, 5.74) is 1.66. The second-order valence-electron chi connectivity index (χ2n) is 10.8. The van der Waals surface area contributed by atoms with Crippen molar-refractivity contribution < 1.29 is 23.9 Å². The van der Waals surface area contributed by atoms with Gasteiger partial charge < -0.3 is 25.0 Å². The molecule has 0 saturated carbocycles. The monoisotopic (exact) mass is 558 g/mol. The first kappa shape index (κ1) is 31.8. The molecule has 214 valence electrons. The molecule has 2 heterocycles. The third kappa shape index (κ3) is 11.1. The van der Waals surface area contributed by atoms with Gasteiger partial charge in [0.2, 0.25) is 0 Å². The molecule has 1 aromatic heterocycles. The SMILES string of the molecule is CC.CC(C)(C)OC(=O)NCCc1ccc(NC(=O)c2cnc(C3=CCN(C(=O)OC(C)(C)C)CC3)s2)cc1. The van der Waals surface area contributed by atoms with E-state index in [4.69, 9.17) is 9.47 Å². The Kier molecular flexibility index (Phi) is 11.5. The predicted octanol–water partition coefficient (Wildman–Crippen LogP) is 6.51. The number of rotatable bonds is 6. The molecule has 0 spiro atoms. The second kappa shape index (κ2) is 14.1. The molecular weight excluding hydrogens is 516 g/mol. The number of nitrogens with one attached hydrogen (secondary N) is 2. The van der Waals surface area contributed by atoms with E-state index in [9.17, 15) is 14.4 Å². The lowest BCUT2D eigenvalue weighted by Gasteiger charge is -2.29. The number of ether oxygens (including phenoxy) is 2. The number of thiazole rings is 1. The van der Waals surface area contributed by atoms with E-state index >= 15 is 0 Å². The number of carbonyl (C=O) groups excluding carboxylic acids is 3. The van der Waals surface area contributed by atoms with Crippen molar-refractivity contribution in [2.45, 2.75) is 79.4 Å². The van der Waals surface area contributed by atoms with Crippen LogP contribution in [0.5, 0.6) is 0 Å². The molecule has 3 rings (SSSR count). The van der Waals surface area contributed by atoms with Crippen LogP contribution >= 0.6 is 11.3 Å². The van der Waals surface area contributed by atoms with Crippen LogP contribution in [0.15, 0.2) is 36.5 Å². The first-order chi connectivity index (χ1) is 18.3. The maximum atomic E-state index is 12.7. The number of carbonyl (C=O) groups is 3. The smallest absolute Gasteiger partial charge is 0.410 e. The van der Waals surface area contributed by atoms with Gasteiger partial charge in [0.15, 0.2) is 0 Å². The quantitative estimate of drug-likeness (QED) is 0.418. The zero-order valence-corrected chi connectivity index (χ0v) is 25.2. The van der Waals surface area contributed by atoms with E-state index in [0.717, 1.165) is 16.1 Å². The summed E-state index contributed by atoms with van der Waals surface area (Å²) in [5.74, 6) is -0.227. The fraction of sp³-hybridized carbons (Fsp3) is 0.517. The van der Waals surface area contributed by atoms with Crippen molar-refractivity contribution in [2.75, 3.05) is 25.0 Å². The molecule has 0 unspecified atom stereocenters. The molecule has 2 N–H and O–H groups in total. The first-order valence-corrected chi connectivity index (χ1v) is 14.1. The molecule has 10 heteroatoms. The fourth-order valence-electron chi connectivity index (χ4n) is 3.45. The Morgan fingerprint density at radius 3 is 2.21 bits per heavy atom. The molecule has 0 radical (unpaired) electrons. The van der Waals surface area contributed by atoms with Crippen LogP contribution in [0.3, 0.4) is 0 Å². The van der Waals surface area contributed by atoms with Crippen molar-refractivity contribution in [3.05, 3.63) is 52.0 Å². The largest absolute Gasteiger partial charge is 0.444 e. The summed E-state index contributed by atoms with van der Waals surface area (Å²) in [7, 11) is 0. The van der Waals surface area contributed by atoms with Crippen LogP contribution in [0.4, 0.5) is 15.3 Å². The zero-order chi connectivity index (χ0) is 29.2. The molecule has 3 amide bonds. The molecule has 0 atom stereocenters. The molecule has 39 heavy (non-hydrogen) atoms. The molecule has 1 aromatic carbocycles. The van der Waals surface area contributed by atoms with Gasteiger partial charge in [0.05, 0.1) is 6.20 Å². The maximum Gasteiger partial charge on any atom is 0.410 e. The van der Waals surface area contributed by atoms with Gasteiger partial charge in [0.1, 0.15) is 21.1 Å². The van der Waals surface area contributed by atoms with Crippen molar-refractivity contribution in [3.8, 4) is 0 Å². The summed E-state index contributed by atoms with van der Waals surface area (Å²) in [6.45, 7) is 16.4. The highest BCUT2D eigenvalue weighted by molar-refractivity contribution is 7.14. The molecule has 0 bridgehead atoms. The van der Waals surface area contributed by atoms with Gasteiger partial charge in [-0.3, -0.25) is 4.79 Å². The number of hydrogen-bond acceptors (Lipinski definition) is 7. The Balaban J connectivity index is 0.00000260. The first-order valence-electron chi connectivity index (χ1n) is 13.3. The molecule has 0 saturated heterocycles. The average molecular weight is 559 g/mol. The van der Waals surface area contributed by atoms with E-state index in [0.29, 0.717) is 43.0 Å². The van der Waals surface area contributed by atoms with Crippen molar-refractivity contribution in [3.63, 3.8) is 0 Å². The average Bonchev–Trinajstić information content (AvgIpc) is 3.35. The van der Waals surface area contributed by atoms with Crippen LogP contribution in [-0.2, 0) is 15.9 Å². The Morgan fingerprint density at radius 2 is 1.64 bits per heavy atom. The van der Waals surface area contributed by atoms with Crippen molar-refractivity contribution in [1.82, 2.24) is 15.2 Å². The van der Waals surface area contributed by atoms with Gasteiger partial charge in [-0.25, -0.2) is 14.6 Å².